The zero-order chi connectivity index (χ0) is 15.5. The molecule has 0 spiro atoms. The van der Waals surface area contributed by atoms with Crippen molar-refractivity contribution in [3.8, 4) is 5.69 Å². The Bertz CT molecular complexity index is 641. The van der Waals surface area contributed by atoms with Crippen LogP contribution in [0.3, 0.4) is 0 Å². The van der Waals surface area contributed by atoms with Gasteiger partial charge in [0.05, 0.1) is 42.8 Å². The number of rotatable bonds is 3. The first kappa shape index (κ1) is 14.7. The lowest BCUT2D eigenvalue weighted by molar-refractivity contribution is -0.142. The summed E-state index contributed by atoms with van der Waals surface area (Å²) >= 11 is 0. The second-order valence-corrected chi connectivity index (χ2v) is 5.68. The fraction of sp³-hybridized carbons (Fsp3) is 0.438. The molecular weight excluding hydrogens is 280 g/mol. The van der Waals surface area contributed by atoms with Gasteiger partial charge in [-0.05, 0) is 26.0 Å². The highest BCUT2D eigenvalue weighted by Gasteiger charge is 2.27. The Morgan fingerprint density at radius 3 is 2.86 bits per heavy atom. The highest BCUT2D eigenvalue weighted by Crippen LogP contribution is 2.13. The molecule has 6 heteroatoms. The summed E-state index contributed by atoms with van der Waals surface area (Å²) in [7, 11) is 0. The monoisotopic (exact) mass is 300 g/mol. The minimum absolute atomic E-state index is 0.0720. The third-order valence-corrected chi connectivity index (χ3v) is 3.79. The number of para-hydroxylation sites is 1. The maximum absolute atomic E-state index is 12.5. The third kappa shape index (κ3) is 3.17. The molecule has 1 aromatic heterocycles. The molecule has 2 heterocycles. The van der Waals surface area contributed by atoms with E-state index >= 15 is 0 Å². The molecule has 6 nitrogen and oxygen atoms in total. The van der Waals surface area contributed by atoms with Gasteiger partial charge < -0.3 is 9.64 Å². The van der Waals surface area contributed by atoms with Crippen molar-refractivity contribution in [2.75, 3.05) is 13.2 Å². The van der Waals surface area contributed by atoms with Gasteiger partial charge in [0.1, 0.15) is 0 Å². The lowest BCUT2D eigenvalue weighted by Gasteiger charge is -2.36. The van der Waals surface area contributed by atoms with E-state index in [1.807, 2.05) is 49.1 Å². The van der Waals surface area contributed by atoms with E-state index in [1.54, 1.807) is 11.0 Å². The molecule has 1 saturated heterocycles. The van der Waals surface area contributed by atoms with Crippen LogP contribution in [0.2, 0.25) is 0 Å². The summed E-state index contributed by atoms with van der Waals surface area (Å²) < 4.78 is 5.56. The van der Waals surface area contributed by atoms with Gasteiger partial charge in [-0.3, -0.25) is 4.79 Å². The van der Waals surface area contributed by atoms with Crippen LogP contribution in [0.25, 0.3) is 5.69 Å². The van der Waals surface area contributed by atoms with Crippen LogP contribution in [-0.2, 0) is 16.0 Å². The highest BCUT2D eigenvalue weighted by molar-refractivity contribution is 5.78. The molecular formula is C16H20N4O2. The van der Waals surface area contributed by atoms with Crippen LogP contribution in [0.5, 0.6) is 0 Å². The molecule has 0 aliphatic carbocycles. The molecule has 0 unspecified atom stereocenters. The van der Waals surface area contributed by atoms with Gasteiger partial charge in [0.2, 0.25) is 5.91 Å². The zero-order valence-corrected chi connectivity index (χ0v) is 12.8. The van der Waals surface area contributed by atoms with E-state index < -0.39 is 0 Å². The van der Waals surface area contributed by atoms with E-state index in [-0.39, 0.29) is 24.5 Å². The van der Waals surface area contributed by atoms with Gasteiger partial charge in [0.15, 0.2) is 0 Å². The van der Waals surface area contributed by atoms with Gasteiger partial charge in [0.25, 0.3) is 0 Å². The van der Waals surface area contributed by atoms with Crippen molar-refractivity contribution in [3.05, 3.63) is 42.2 Å². The minimum Gasteiger partial charge on any atom is -0.375 e. The van der Waals surface area contributed by atoms with E-state index in [2.05, 4.69) is 10.2 Å². The van der Waals surface area contributed by atoms with Crippen molar-refractivity contribution in [2.45, 2.75) is 32.4 Å². The summed E-state index contributed by atoms with van der Waals surface area (Å²) in [5.41, 5.74) is 1.56. The molecule has 1 fully saturated rings. The molecule has 3 rings (SSSR count). The van der Waals surface area contributed by atoms with Gasteiger partial charge in [-0.2, -0.15) is 15.0 Å². The van der Waals surface area contributed by atoms with E-state index in [1.165, 1.54) is 0 Å². The van der Waals surface area contributed by atoms with Crippen LogP contribution >= 0.6 is 0 Å². The molecule has 22 heavy (non-hydrogen) atoms. The second kappa shape index (κ2) is 6.27. The zero-order valence-electron chi connectivity index (χ0n) is 12.8. The van der Waals surface area contributed by atoms with Gasteiger partial charge in [-0.1, -0.05) is 18.2 Å². The molecule has 1 aromatic carbocycles. The van der Waals surface area contributed by atoms with Gasteiger partial charge in [-0.15, -0.1) is 0 Å². The first-order valence-corrected chi connectivity index (χ1v) is 7.51. The molecule has 2 atom stereocenters. The fourth-order valence-electron chi connectivity index (χ4n) is 2.57. The van der Waals surface area contributed by atoms with E-state index in [0.29, 0.717) is 18.8 Å². The molecule has 1 aliphatic heterocycles. The number of amides is 1. The Hall–Kier alpha value is -2.21. The number of hydrogen-bond donors (Lipinski definition) is 0. The van der Waals surface area contributed by atoms with E-state index in [9.17, 15) is 4.79 Å². The largest absolute Gasteiger partial charge is 0.375 e. The fourth-order valence-corrected chi connectivity index (χ4v) is 2.57. The van der Waals surface area contributed by atoms with E-state index in [4.69, 9.17) is 4.74 Å². The summed E-state index contributed by atoms with van der Waals surface area (Å²) in [6, 6.07) is 9.76. The van der Waals surface area contributed by atoms with Gasteiger partial charge >= 0.3 is 0 Å². The minimum atomic E-state index is 0.0720. The Morgan fingerprint density at radius 1 is 1.32 bits per heavy atom. The molecule has 1 aliphatic rings. The molecule has 2 aromatic rings. The van der Waals surface area contributed by atoms with Gasteiger partial charge in [0, 0.05) is 6.54 Å². The molecule has 0 saturated carbocycles. The molecule has 0 N–H and O–H groups in total. The predicted octanol–water partition coefficient (Wildman–Crippen LogP) is 1.45. The molecule has 116 valence electrons. The molecule has 1 amide bonds. The Labute approximate surface area is 129 Å². The van der Waals surface area contributed by atoms with Crippen molar-refractivity contribution in [1.29, 1.82) is 0 Å². The SMILES string of the molecule is C[C@@H]1CO[C@@H](C)CN1C(=O)Cc1cnn(-c2ccccc2)n1. The number of morpholine rings is 1. The Balaban J connectivity index is 1.68. The van der Waals surface area contributed by atoms with Crippen molar-refractivity contribution in [2.24, 2.45) is 0 Å². The van der Waals surface area contributed by atoms with E-state index in [0.717, 1.165) is 5.69 Å². The smallest absolute Gasteiger partial charge is 0.229 e. The number of ether oxygens (including phenoxy) is 1. The average Bonchev–Trinajstić information content (AvgIpc) is 2.99. The quantitative estimate of drug-likeness (QED) is 0.861. The maximum Gasteiger partial charge on any atom is 0.229 e. The number of aromatic nitrogens is 3. The number of benzene rings is 1. The van der Waals surface area contributed by atoms with Crippen molar-refractivity contribution >= 4 is 5.91 Å². The highest BCUT2D eigenvalue weighted by atomic mass is 16.5. The molecule has 0 radical (unpaired) electrons. The summed E-state index contributed by atoms with van der Waals surface area (Å²) in [4.78, 5) is 15.9. The third-order valence-electron chi connectivity index (χ3n) is 3.79. The van der Waals surface area contributed by atoms with Crippen molar-refractivity contribution in [1.82, 2.24) is 19.9 Å². The number of carbonyl (C=O) groups is 1. The molecule has 0 bridgehead atoms. The summed E-state index contributed by atoms with van der Waals surface area (Å²) in [6.07, 6.45) is 2.00. The topological polar surface area (TPSA) is 60.2 Å². The second-order valence-electron chi connectivity index (χ2n) is 5.68. The van der Waals surface area contributed by atoms with Crippen molar-refractivity contribution in [3.63, 3.8) is 0 Å². The van der Waals surface area contributed by atoms with Crippen LogP contribution < -0.4 is 0 Å². The van der Waals surface area contributed by atoms with Crippen molar-refractivity contribution < 1.29 is 9.53 Å². The normalized spacial score (nSPS) is 21.8. The summed E-state index contributed by atoms with van der Waals surface area (Å²) in [5.74, 6) is 0.0720. The number of nitrogens with zero attached hydrogens (tertiary/aromatic N) is 4. The van der Waals surface area contributed by atoms with Crippen LogP contribution in [0.15, 0.2) is 36.5 Å². The summed E-state index contributed by atoms with van der Waals surface area (Å²) in [6.45, 7) is 5.21. The Morgan fingerprint density at radius 2 is 2.09 bits per heavy atom. The number of carbonyl (C=O) groups excluding carboxylic acids is 1. The van der Waals surface area contributed by atoms with Crippen LogP contribution in [0, 0.1) is 0 Å². The predicted molar refractivity (Wildman–Crippen MR) is 81.7 cm³/mol. The lowest BCUT2D eigenvalue weighted by atomic mass is 10.2. The van der Waals surface area contributed by atoms with Crippen LogP contribution in [-0.4, -0.2) is 51.1 Å². The standard InChI is InChI=1S/C16H20N4O2/c1-12-11-22-13(2)10-19(12)16(21)8-14-9-17-20(18-14)15-6-4-3-5-7-15/h3-7,9,12-13H,8,10-11H2,1-2H3/t12-,13+/m1/s1. The number of hydrogen-bond acceptors (Lipinski definition) is 4. The van der Waals surface area contributed by atoms with Crippen LogP contribution in [0.4, 0.5) is 0 Å². The summed E-state index contributed by atoms with van der Waals surface area (Å²) in [5, 5.41) is 8.61. The van der Waals surface area contributed by atoms with Gasteiger partial charge in [-0.25, -0.2) is 0 Å². The lowest BCUT2D eigenvalue weighted by Crippen LogP contribution is -2.50. The average molecular weight is 300 g/mol. The first-order valence-electron chi connectivity index (χ1n) is 7.51. The first-order chi connectivity index (χ1) is 10.6. The Kier molecular flexibility index (Phi) is 4.20. The van der Waals surface area contributed by atoms with Crippen LogP contribution in [0.1, 0.15) is 19.5 Å². The maximum atomic E-state index is 12.5.